The van der Waals surface area contributed by atoms with E-state index in [0.29, 0.717) is 6.42 Å². The molecule has 0 bridgehead atoms. The summed E-state index contributed by atoms with van der Waals surface area (Å²) >= 11 is 0. The standard InChI is InChI=1S/C20H27N3O3/c1-3-20(15-10-6-4-7-11-15)18(25)23(19(26)21-20)14-17(24)22(2)16-12-8-5-9-13-16/h4,6-7,10-11,16H,3,5,8-9,12-14H2,1-2H3,(H,21,26)/t20-/m0/s1. The fourth-order valence-corrected chi connectivity index (χ4v) is 4.05. The number of likely N-dealkylation sites (N-methyl/N-ethyl adjacent to an activating group) is 1. The van der Waals surface area contributed by atoms with Gasteiger partial charge in [0.15, 0.2) is 0 Å². The highest BCUT2D eigenvalue weighted by Crippen LogP contribution is 2.32. The van der Waals surface area contributed by atoms with E-state index in [1.807, 2.05) is 37.3 Å². The molecule has 2 aliphatic rings. The molecule has 1 aromatic carbocycles. The molecule has 6 nitrogen and oxygen atoms in total. The van der Waals surface area contributed by atoms with Crippen molar-refractivity contribution < 1.29 is 14.4 Å². The van der Waals surface area contributed by atoms with Crippen molar-refractivity contribution in [2.75, 3.05) is 13.6 Å². The number of amides is 4. The fraction of sp³-hybridized carbons (Fsp3) is 0.550. The van der Waals surface area contributed by atoms with E-state index in [-0.39, 0.29) is 24.4 Å². The van der Waals surface area contributed by atoms with E-state index in [0.717, 1.165) is 36.1 Å². The van der Waals surface area contributed by atoms with Gasteiger partial charge in [-0.25, -0.2) is 4.79 Å². The van der Waals surface area contributed by atoms with E-state index in [2.05, 4.69) is 5.32 Å². The van der Waals surface area contributed by atoms with Crippen LogP contribution in [0.15, 0.2) is 30.3 Å². The van der Waals surface area contributed by atoms with Gasteiger partial charge in [0.25, 0.3) is 5.91 Å². The second-order valence-electron chi connectivity index (χ2n) is 7.24. The van der Waals surface area contributed by atoms with Gasteiger partial charge in [-0.3, -0.25) is 14.5 Å². The smallest absolute Gasteiger partial charge is 0.325 e. The van der Waals surface area contributed by atoms with Crippen LogP contribution >= 0.6 is 0 Å². The van der Waals surface area contributed by atoms with Crippen LogP contribution in [0.25, 0.3) is 0 Å². The lowest BCUT2D eigenvalue weighted by Crippen LogP contribution is -2.47. The quantitative estimate of drug-likeness (QED) is 0.824. The van der Waals surface area contributed by atoms with Gasteiger partial charge in [0.05, 0.1) is 0 Å². The van der Waals surface area contributed by atoms with Crippen molar-refractivity contribution >= 4 is 17.8 Å². The van der Waals surface area contributed by atoms with Gasteiger partial charge in [-0.15, -0.1) is 0 Å². The number of hydrogen-bond donors (Lipinski definition) is 1. The maximum Gasteiger partial charge on any atom is 0.325 e. The molecule has 1 aromatic rings. The molecule has 0 spiro atoms. The summed E-state index contributed by atoms with van der Waals surface area (Å²) in [5, 5.41) is 2.82. The first-order valence-electron chi connectivity index (χ1n) is 9.45. The lowest BCUT2D eigenvalue weighted by atomic mass is 9.87. The molecule has 0 aromatic heterocycles. The maximum absolute atomic E-state index is 13.1. The molecule has 1 saturated carbocycles. The highest BCUT2D eigenvalue weighted by Gasteiger charge is 2.51. The van der Waals surface area contributed by atoms with Gasteiger partial charge in [0.1, 0.15) is 12.1 Å². The third-order valence-corrected chi connectivity index (χ3v) is 5.78. The molecule has 0 unspecified atom stereocenters. The predicted octanol–water partition coefficient (Wildman–Crippen LogP) is 2.63. The lowest BCUT2D eigenvalue weighted by Gasteiger charge is -2.32. The number of imide groups is 1. The summed E-state index contributed by atoms with van der Waals surface area (Å²) in [4.78, 5) is 41.0. The number of rotatable bonds is 5. The summed E-state index contributed by atoms with van der Waals surface area (Å²) in [6.07, 6.45) is 5.87. The van der Waals surface area contributed by atoms with Crippen molar-refractivity contribution in [3.05, 3.63) is 35.9 Å². The Bertz CT molecular complexity index is 685. The third kappa shape index (κ3) is 3.20. The van der Waals surface area contributed by atoms with Crippen molar-refractivity contribution in [1.29, 1.82) is 0 Å². The Hall–Kier alpha value is -2.37. The molecule has 3 rings (SSSR count). The Morgan fingerprint density at radius 1 is 1.19 bits per heavy atom. The van der Waals surface area contributed by atoms with Crippen LogP contribution in [-0.4, -0.2) is 47.3 Å². The fourth-order valence-electron chi connectivity index (χ4n) is 4.05. The molecule has 1 aliphatic heterocycles. The van der Waals surface area contributed by atoms with Crippen molar-refractivity contribution in [3.63, 3.8) is 0 Å². The van der Waals surface area contributed by atoms with Crippen LogP contribution in [0.1, 0.15) is 51.0 Å². The molecule has 4 amide bonds. The number of carbonyl (C=O) groups is 3. The van der Waals surface area contributed by atoms with Gasteiger partial charge in [-0.05, 0) is 24.8 Å². The number of benzene rings is 1. The molecule has 140 valence electrons. The average molecular weight is 357 g/mol. The Morgan fingerprint density at radius 3 is 2.46 bits per heavy atom. The number of urea groups is 1. The third-order valence-electron chi connectivity index (χ3n) is 5.78. The molecular formula is C20H27N3O3. The lowest BCUT2D eigenvalue weighted by molar-refractivity contribution is -0.140. The van der Waals surface area contributed by atoms with Gasteiger partial charge in [-0.2, -0.15) is 0 Å². The van der Waals surface area contributed by atoms with Gasteiger partial charge in [0.2, 0.25) is 5.91 Å². The molecule has 1 heterocycles. The van der Waals surface area contributed by atoms with E-state index >= 15 is 0 Å². The molecule has 1 N–H and O–H groups in total. The SMILES string of the molecule is CC[C@@]1(c2ccccc2)NC(=O)N(CC(=O)N(C)C2CCCCC2)C1=O. The minimum absolute atomic E-state index is 0.180. The van der Waals surface area contributed by atoms with Crippen LogP contribution in [0.5, 0.6) is 0 Å². The molecular weight excluding hydrogens is 330 g/mol. The Kier molecular flexibility index (Phi) is 5.30. The largest absolute Gasteiger partial charge is 0.341 e. The molecule has 6 heteroatoms. The van der Waals surface area contributed by atoms with E-state index < -0.39 is 11.6 Å². The van der Waals surface area contributed by atoms with Crippen molar-refractivity contribution in [2.24, 2.45) is 0 Å². The second kappa shape index (κ2) is 7.48. The van der Waals surface area contributed by atoms with Crippen LogP contribution in [0, 0.1) is 0 Å². The van der Waals surface area contributed by atoms with E-state index in [4.69, 9.17) is 0 Å². The van der Waals surface area contributed by atoms with Gasteiger partial charge < -0.3 is 10.2 Å². The summed E-state index contributed by atoms with van der Waals surface area (Å²) in [7, 11) is 1.78. The van der Waals surface area contributed by atoms with Crippen LogP contribution in [0.2, 0.25) is 0 Å². The number of nitrogens with zero attached hydrogens (tertiary/aromatic N) is 2. The highest BCUT2D eigenvalue weighted by atomic mass is 16.2. The minimum atomic E-state index is -1.08. The summed E-state index contributed by atoms with van der Waals surface area (Å²) in [5.41, 5.74) is -0.335. The zero-order valence-electron chi connectivity index (χ0n) is 15.5. The first-order valence-corrected chi connectivity index (χ1v) is 9.45. The number of nitrogens with one attached hydrogen (secondary N) is 1. The first kappa shape index (κ1) is 18.4. The number of carbonyl (C=O) groups excluding carboxylic acids is 3. The van der Waals surface area contributed by atoms with Crippen LogP contribution in [0.4, 0.5) is 4.79 Å². The normalized spacial score (nSPS) is 23.8. The van der Waals surface area contributed by atoms with Crippen molar-refractivity contribution in [3.8, 4) is 0 Å². The van der Waals surface area contributed by atoms with E-state index in [1.165, 1.54) is 6.42 Å². The van der Waals surface area contributed by atoms with Crippen LogP contribution in [0.3, 0.4) is 0 Å². The molecule has 1 saturated heterocycles. The predicted molar refractivity (Wildman–Crippen MR) is 98.3 cm³/mol. The Labute approximate surface area is 154 Å². The van der Waals surface area contributed by atoms with Crippen LogP contribution < -0.4 is 5.32 Å². The van der Waals surface area contributed by atoms with Crippen molar-refractivity contribution in [1.82, 2.24) is 15.1 Å². The summed E-state index contributed by atoms with van der Waals surface area (Å²) in [6, 6.07) is 8.94. The highest BCUT2D eigenvalue weighted by molar-refractivity contribution is 6.09. The molecule has 2 fully saturated rings. The topological polar surface area (TPSA) is 69.7 Å². The van der Waals surface area contributed by atoms with Crippen LogP contribution in [-0.2, 0) is 15.1 Å². The maximum atomic E-state index is 13.1. The second-order valence-corrected chi connectivity index (χ2v) is 7.24. The summed E-state index contributed by atoms with van der Waals surface area (Å²) in [6.45, 7) is 1.66. The average Bonchev–Trinajstić information content (AvgIpc) is 2.93. The monoisotopic (exact) mass is 357 g/mol. The van der Waals surface area contributed by atoms with E-state index in [1.54, 1.807) is 11.9 Å². The Morgan fingerprint density at radius 2 is 1.85 bits per heavy atom. The molecule has 1 atom stereocenters. The molecule has 0 radical (unpaired) electrons. The Balaban J connectivity index is 1.75. The molecule has 26 heavy (non-hydrogen) atoms. The number of hydrogen-bond acceptors (Lipinski definition) is 3. The summed E-state index contributed by atoms with van der Waals surface area (Å²) in [5.74, 6) is -0.526. The minimum Gasteiger partial charge on any atom is -0.341 e. The van der Waals surface area contributed by atoms with Gasteiger partial charge in [-0.1, -0.05) is 56.5 Å². The molecule has 1 aliphatic carbocycles. The zero-order chi connectivity index (χ0) is 18.7. The summed E-state index contributed by atoms with van der Waals surface area (Å²) < 4.78 is 0. The van der Waals surface area contributed by atoms with Gasteiger partial charge >= 0.3 is 6.03 Å². The van der Waals surface area contributed by atoms with E-state index in [9.17, 15) is 14.4 Å². The van der Waals surface area contributed by atoms with Crippen molar-refractivity contribution in [2.45, 2.75) is 57.0 Å². The zero-order valence-corrected chi connectivity index (χ0v) is 15.5. The first-order chi connectivity index (χ1) is 12.5. The van der Waals surface area contributed by atoms with Gasteiger partial charge in [0, 0.05) is 13.1 Å².